The van der Waals surface area contributed by atoms with Crippen LogP contribution in [0.1, 0.15) is 30.9 Å². The molecule has 1 aliphatic carbocycles. The lowest BCUT2D eigenvalue weighted by molar-refractivity contribution is -0.143. The molecule has 5 nitrogen and oxygen atoms in total. The first-order valence-corrected chi connectivity index (χ1v) is 9.19. The van der Waals surface area contributed by atoms with E-state index in [2.05, 4.69) is 42.2 Å². The summed E-state index contributed by atoms with van der Waals surface area (Å²) in [5.41, 5.74) is 4.58. The van der Waals surface area contributed by atoms with Gasteiger partial charge in [-0.3, -0.25) is 0 Å². The fraction of sp³-hybridized carbons (Fsp3) is 0.333. The van der Waals surface area contributed by atoms with Crippen LogP contribution in [0.2, 0.25) is 0 Å². The summed E-state index contributed by atoms with van der Waals surface area (Å²) in [4.78, 5) is 24.3. The Labute approximate surface area is 164 Å². The van der Waals surface area contributed by atoms with E-state index in [9.17, 15) is 9.59 Å². The third kappa shape index (κ3) is 3.95. The summed E-state index contributed by atoms with van der Waals surface area (Å²) < 4.78 is 9.43. The summed E-state index contributed by atoms with van der Waals surface area (Å²) in [6.45, 7) is 3.63. The van der Waals surface area contributed by atoms with Gasteiger partial charge in [0.05, 0.1) is 7.11 Å². The van der Waals surface area contributed by atoms with Gasteiger partial charge in [0.2, 0.25) is 0 Å². The van der Waals surface area contributed by atoms with Gasteiger partial charge in [-0.15, -0.1) is 0 Å². The van der Waals surface area contributed by atoms with Gasteiger partial charge in [0.1, 0.15) is 12.6 Å². The van der Waals surface area contributed by atoms with Crippen LogP contribution >= 0.6 is 12.6 Å². The van der Waals surface area contributed by atoms with Gasteiger partial charge in [-0.1, -0.05) is 48.5 Å². The molecule has 142 valence electrons. The molecule has 0 unspecified atom stereocenters. The van der Waals surface area contributed by atoms with Gasteiger partial charge < -0.3 is 14.8 Å². The zero-order chi connectivity index (χ0) is 19.6. The Balaban J connectivity index is 1.73. The highest BCUT2D eigenvalue weighted by Gasteiger charge is 2.36. The Morgan fingerprint density at radius 2 is 1.59 bits per heavy atom. The number of hydrogen-bond donors (Lipinski definition) is 2. The highest BCUT2D eigenvalue weighted by atomic mass is 32.1. The standard InChI is InChI=1S/C21H23NO4S/c1-21(2,27)18(19(23)25-3)22-20(24)26-12-17-15-10-6-4-8-13(15)14-9-5-7-11-16(14)17/h4-11,17-18,27H,12H2,1-3H3,(H,22,24)/t18-/m1/s1. The molecule has 6 heteroatoms. The first kappa shape index (κ1) is 19.3. The second kappa shape index (κ2) is 7.64. The number of fused-ring (bicyclic) bond motifs is 3. The van der Waals surface area contributed by atoms with Crippen LogP contribution in [-0.2, 0) is 14.3 Å². The van der Waals surface area contributed by atoms with E-state index in [-0.39, 0.29) is 12.5 Å². The molecule has 0 aliphatic heterocycles. The number of esters is 1. The lowest BCUT2D eigenvalue weighted by atomic mass is 9.98. The maximum absolute atomic E-state index is 12.3. The SMILES string of the molecule is COC(=O)[C@@H](NC(=O)OCC1c2ccccc2-c2ccccc21)C(C)(C)S. The molecule has 1 amide bonds. The van der Waals surface area contributed by atoms with Crippen LogP contribution < -0.4 is 5.32 Å². The van der Waals surface area contributed by atoms with Crippen molar-refractivity contribution in [2.45, 2.75) is 30.6 Å². The number of carbonyl (C=O) groups is 2. The van der Waals surface area contributed by atoms with Gasteiger partial charge in [-0.25, -0.2) is 9.59 Å². The lowest BCUT2D eigenvalue weighted by Gasteiger charge is -2.28. The maximum atomic E-state index is 12.3. The molecule has 0 saturated heterocycles. The molecule has 0 fully saturated rings. The van der Waals surface area contributed by atoms with Crippen LogP contribution in [0.4, 0.5) is 4.79 Å². The minimum absolute atomic E-state index is 0.0382. The Kier molecular flexibility index (Phi) is 5.46. The number of amides is 1. The monoisotopic (exact) mass is 385 g/mol. The van der Waals surface area contributed by atoms with Crippen LogP contribution in [0.15, 0.2) is 48.5 Å². The van der Waals surface area contributed by atoms with E-state index in [0.717, 1.165) is 22.3 Å². The minimum Gasteiger partial charge on any atom is -0.467 e. The van der Waals surface area contributed by atoms with Gasteiger partial charge >= 0.3 is 12.1 Å². The fourth-order valence-electron chi connectivity index (χ4n) is 3.40. The molecule has 1 atom stereocenters. The number of ether oxygens (including phenoxy) is 2. The number of carbonyl (C=O) groups excluding carboxylic acids is 2. The van der Waals surface area contributed by atoms with Crippen molar-refractivity contribution in [1.82, 2.24) is 5.32 Å². The third-order valence-corrected chi connectivity index (χ3v) is 5.01. The molecule has 0 spiro atoms. The number of benzene rings is 2. The summed E-state index contributed by atoms with van der Waals surface area (Å²) in [5.74, 6) is -0.604. The maximum Gasteiger partial charge on any atom is 0.407 e. The van der Waals surface area contributed by atoms with Crippen molar-refractivity contribution in [3.05, 3.63) is 59.7 Å². The van der Waals surface area contributed by atoms with Crippen molar-refractivity contribution < 1.29 is 19.1 Å². The first-order chi connectivity index (χ1) is 12.8. The Morgan fingerprint density at radius 3 is 2.07 bits per heavy atom. The third-order valence-electron chi connectivity index (χ3n) is 4.75. The van der Waals surface area contributed by atoms with Crippen LogP contribution in [0.3, 0.4) is 0 Å². The Bertz CT molecular complexity index is 814. The average Bonchev–Trinajstić information content (AvgIpc) is 2.97. The number of hydrogen-bond acceptors (Lipinski definition) is 5. The molecule has 0 aromatic heterocycles. The molecule has 1 aliphatic rings. The average molecular weight is 385 g/mol. The molecule has 3 rings (SSSR count). The van der Waals surface area contributed by atoms with Crippen LogP contribution in [0.25, 0.3) is 11.1 Å². The molecule has 2 aromatic rings. The van der Waals surface area contributed by atoms with Crippen LogP contribution in [-0.4, -0.2) is 36.6 Å². The largest absolute Gasteiger partial charge is 0.467 e. The number of nitrogens with one attached hydrogen (secondary N) is 1. The fourth-order valence-corrected chi connectivity index (χ4v) is 3.57. The van der Waals surface area contributed by atoms with Gasteiger partial charge in [0.25, 0.3) is 0 Å². The van der Waals surface area contributed by atoms with Crippen LogP contribution in [0, 0.1) is 0 Å². The van der Waals surface area contributed by atoms with E-state index >= 15 is 0 Å². The lowest BCUT2D eigenvalue weighted by Crippen LogP contribution is -2.52. The van der Waals surface area contributed by atoms with Crippen molar-refractivity contribution in [2.24, 2.45) is 0 Å². The van der Waals surface area contributed by atoms with Crippen molar-refractivity contribution in [3.8, 4) is 11.1 Å². The molecule has 0 radical (unpaired) electrons. The number of rotatable bonds is 5. The molecule has 0 heterocycles. The summed E-state index contributed by atoms with van der Waals surface area (Å²) in [6.07, 6.45) is -0.672. The molecule has 0 saturated carbocycles. The summed E-state index contributed by atoms with van der Waals surface area (Å²) >= 11 is 4.38. The number of alkyl carbamates (subject to hydrolysis) is 1. The highest BCUT2D eigenvalue weighted by Crippen LogP contribution is 2.44. The zero-order valence-corrected chi connectivity index (χ0v) is 16.5. The predicted molar refractivity (Wildman–Crippen MR) is 107 cm³/mol. The number of thiol groups is 1. The van der Waals surface area contributed by atoms with E-state index in [1.54, 1.807) is 13.8 Å². The van der Waals surface area contributed by atoms with Gasteiger partial charge in [-0.2, -0.15) is 12.6 Å². The van der Waals surface area contributed by atoms with Crippen molar-refractivity contribution in [3.63, 3.8) is 0 Å². The summed E-state index contributed by atoms with van der Waals surface area (Å²) in [5, 5.41) is 2.57. The molecular formula is C21H23NO4S. The van der Waals surface area contributed by atoms with E-state index in [1.165, 1.54) is 7.11 Å². The van der Waals surface area contributed by atoms with Crippen molar-refractivity contribution >= 4 is 24.7 Å². The van der Waals surface area contributed by atoms with E-state index in [0.29, 0.717) is 0 Å². The van der Waals surface area contributed by atoms with E-state index in [1.807, 2.05) is 24.3 Å². The van der Waals surface area contributed by atoms with Gasteiger partial charge in [-0.05, 0) is 36.1 Å². The Morgan fingerprint density at radius 1 is 1.07 bits per heavy atom. The normalized spacial score (nSPS) is 14.1. The quantitative estimate of drug-likeness (QED) is 0.607. The molecule has 0 bridgehead atoms. The van der Waals surface area contributed by atoms with E-state index < -0.39 is 22.9 Å². The zero-order valence-electron chi connectivity index (χ0n) is 15.6. The first-order valence-electron chi connectivity index (χ1n) is 8.74. The highest BCUT2D eigenvalue weighted by molar-refractivity contribution is 7.81. The van der Waals surface area contributed by atoms with Gasteiger partial charge in [0, 0.05) is 10.7 Å². The molecular weight excluding hydrogens is 362 g/mol. The summed E-state index contributed by atoms with van der Waals surface area (Å²) in [6, 6.07) is 15.3. The van der Waals surface area contributed by atoms with Crippen LogP contribution in [0.5, 0.6) is 0 Å². The molecule has 27 heavy (non-hydrogen) atoms. The molecule has 1 N–H and O–H groups in total. The topological polar surface area (TPSA) is 64.6 Å². The summed E-state index contributed by atoms with van der Waals surface area (Å²) in [7, 11) is 1.27. The smallest absolute Gasteiger partial charge is 0.407 e. The molecule has 2 aromatic carbocycles. The van der Waals surface area contributed by atoms with Crippen molar-refractivity contribution in [2.75, 3.05) is 13.7 Å². The van der Waals surface area contributed by atoms with E-state index in [4.69, 9.17) is 9.47 Å². The second-order valence-electron chi connectivity index (χ2n) is 7.08. The Hall–Kier alpha value is -2.47. The second-order valence-corrected chi connectivity index (χ2v) is 8.23. The predicted octanol–water partition coefficient (Wildman–Crippen LogP) is 3.78. The van der Waals surface area contributed by atoms with Gasteiger partial charge in [0.15, 0.2) is 0 Å². The minimum atomic E-state index is -0.915. The number of methoxy groups -OCH3 is 1. The van der Waals surface area contributed by atoms with Crippen molar-refractivity contribution in [1.29, 1.82) is 0 Å².